The van der Waals surface area contributed by atoms with E-state index in [1.165, 1.54) is 6.21 Å². The van der Waals surface area contributed by atoms with E-state index in [2.05, 4.69) is 16.6 Å². The Labute approximate surface area is 149 Å². The van der Waals surface area contributed by atoms with Crippen LogP contribution >= 0.6 is 11.6 Å². The van der Waals surface area contributed by atoms with E-state index in [0.29, 0.717) is 27.7 Å². The van der Waals surface area contributed by atoms with Crippen LogP contribution in [0.3, 0.4) is 0 Å². The lowest BCUT2D eigenvalue weighted by Gasteiger charge is -1.99. The molecule has 2 aromatic carbocycles. The van der Waals surface area contributed by atoms with Crippen molar-refractivity contribution in [1.82, 2.24) is 5.43 Å². The molecular weight excluding hydrogens is 338 g/mol. The van der Waals surface area contributed by atoms with Crippen molar-refractivity contribution in [2.24, 2.45) is 5.10 Å². The molecule has 1 amide bonds. The number of nitrogens with zero attached hydrogens (tertiary/aromatic N) is 2. The number of benzene rings is 2. The highest BCUT2D eigenvalue weighted by atomic mass is 35.5. The number of carbonyl (C=O) groups excluding carboxylic acids is 1. The lowest BCUT2D eigenvalue weighted by atomic mass is 10.1. The summed E-state index contributed by atoms with van der Waals surface area (Å²) in [6, 6.07) is 19.2. The highest BCUT2D eigenvalue weighted by Crippen LogP contribution is 2.21. The minimum Gasteiger partial charge on any atom is -0.455 e. The Hall–Kier alpha value is -3.36. The van der Waals surface area contributed by atoms with Gasteiger partial charge < -0.3 is 4.42 Å². The predicted molar refractivity (Wildman–Crippen MR) is 95.4 cm³/mol. The van der Waals surface area contributed by atoms with Gasteiger partial charge in [0.15, 0.2) is 0 Å². The molecule has 0 spiro atoms. The van der Waals surface area contributed by atoms with E-state index in [1.807, 2.05) is 0 Å². The van der Waals surface area contributed by atoms with Gasteiger partial charge in [-0.2, -0.15) is 10.4 Å². The molecule has 0 bridgehead atoms. The fraction of sp³-hybridized carbons (Fsp3) is 0. The molecule has 1 heterocycles. The molecular formula is C19H12ClN3O2. The number of nitriles is 1. The van der Waals surface area contributed by atoms with Gasteiger partial charge in [-0.3, -0.25) is 4.79 Å². The molecule has 0 unspecified atom stereocenters. The topological polar surface area (TPSA) is 78.4 Å². The third-order valence-corrected chi connectivity index (χ3v) is 3.61. The number of rotatable bonds is 4. The monoisotopic (exact) mass is 349 g/mol. The second-order valence-electron chi connectivity index (χ2n) is 5.10. The second kappa shape index (κ2) is 7.47. The summed E-state index contributed by atoms with van der Waals surface area (Å²) in [5, 5.41) is 13.2. The minimum absolute atomic E-state index is 0.363. The minimum atomic E-state index is -0.363. The first kappa shape index (κ1) is 16.5. The van der Waals surface area contributed by atoms with Gasteiger partial charge in [-0.05, 0) is 54.6 Å². The van der Waals surface area contributed by atoms with Crippen LogP contribution in [0.25, 0.3) is 11.3 Å². The van der Waals surface area contributed by atoms with Crippen molar-refractivity contribution in [3.8, 4) is 17.4 Å². The standard InChI is InChI=1S/C19H12ClN3O2/c20-16-3-1-2-15(10-16)19(24)23-22-12-17-8-9-18(25-17)14-6-4-13(11-21)5-7-14/h1-10,12H,(H,23,24)/b22-12-. The van der Waals surface area contributed by atoms with Crippen LogP contribution in [0.1, 0.15) is 21.7 Å². The molecule has 0 aliphatic carbocycles. The van der Waals surface area contributed by atoms with Gasteiger partial charge in [0.05, 0.1) is 17.8 Å². The second-order valence-corrected chi connectivity index (χ2v) is 5.54. The largest absolute Gasteiger partial charge is 0.455 e. The van der Waals surface area contributed by atoms with Crippen LogP contribution in [0.5, 0.6) is 0 Å². The molecule has 0 saturated heterocycles. The van der Waals surface area contributed by atoms with Crippen molar-refractivity contribution >= 4 is 23.7 Å². The number of hydrogen-bond acceptors (Lipinski definition) is 4. The number of hydrogen-bond donors (Lipinski definition) is 1. The molecule has 122 valence electrons. The summed E-state index contributed by atoms with van der Waals surface area (Å²) >= 11 is 5.85. The Bertz CT molecular complexity index is 969. The lowest BCUT2D eigenvalue weighted by Crippen LogP contribution is -2.17. The normalized spacial score (nSPS) is 10.6. The maximum atomic E-state index is 11.9. The summed E-state index contributed by atoms with van der Waals surface area (Å²) in [6.07, 6.45) is 1.41. The molecule has 0 aliphatic rings. The van der Waals surface area contributed by atoms with Crippen LogP contribution in [0, 0.1) is 11.3 Å². The van der Waals surface area contributed by atoms with Gasteiger partial charge in [-0.25, -0.2) is 5.43 Å². The maximum Gasteiger partial charge on any atom is 0.271 e. The molecule has 6 heteroatoms. The van der Waals surface area contributed by atoms with Crippen LogP contribution < -0.4 is 5.43 Å². The summed E-state index contributed by atoms with van der Waals surface area (Å²) < 4.78 is 5.65. The molecule has 1 N–H and O–H groups in total. The van der Waals surface area contributed by atoms with E-state index in [1.54, 1.807) is 60.7 Å². The first-order valence-electron chi connectivity index (χ1n) is 7.35. The van der Waals surface area contributed by atoms with Gasteiger partial charge in [-0.15, -0.1) is 0 Å². The molecule has 0 atom stereocenters. The van der Waals surface area contributed by atoms with Gasteiger partial charge >= 0.3 is 0 Å². The van der Waals surface area contributed by atoms with Crippen LogP contribution in [-0.2, 0) is 0 Å². The van der Waals surface area contributed by atoms with Crippen LogP contribution in [0.2, 0.25) is 5.02 Å². The first-order valence-corrected chi connectivity index (χ1v) is 7.73. The van der Waals surface area contributed by atoms with Gasteiger partial charge in [0.2, 0.25) is 0 Å². The van der Waals surface area contributed by atoms with Crippen molar-refractivity contribution in [2.75, 3.05) is 0 Å². The highest BCUT2D eigenvalue weighted by Gasteiger charge is 2.05. The van der Waals surface area contributed by atoms with Crippen molar-refractivity contribution in [1.29, 1.82) is 5.26 Å². The fourth-order valence-corrected chi connectivity index (χ4v) is 2.33. The summed E-state index contributed by atoms with van der Waals surface area (Å²) in [6.45, 7) is 0. The molecule has 25 heavy (non-hydrogen) atoms. The SMILES string of the molecule is N#Cc1ccc(-c2ccc(/C=N\NC(=O)c3cccc(Cl)c3)o2)cc1. The molecule has 3 aromatic rings. The van der Waals surface area contributed by atoms with Crippen LogP contribution in [0.15, 0.2) is 70.2 Å². The predicted octanol–water partition coefficient (Wildman–Crippen LogP) is 4.24. The number of nitrogens with one attached hydrogen (secondary N) is 1. The Morgan fingerprint density at radius 1 is 1.16 bits per heavy atom. The summed E-state index contributed by atoms with van der Waals surface area (Å²) in [4.78, 5) is 11.9. The van der Waals surface area contributed by atoms with E-state index >= 15 is 0 Å². The van der Waals surface area contributed by atoms with E-state index in [-0.39, 0.29) is 5.91 Å². The Kier molecular flexibility index (Phi) is 4.93. The number of amides is 1. The van der Waals surface area contributed by atoms with Crippen LogP contribution in [-0.4, -0.2) is 12.1 Å². The highest BCUT2D eigenvalue weighted by molar-refractivity contribution is 6.30. The fourth-order valence-electron chi connectivity index (χ4n) is 2.14. The average Bonchev–Trinajstić information content (AvgIpc) is 3.10. The van der Waals surface area contributed by atoms with Crippen LogP contribution in [0.4, 0.5) is 0 Å². The van der Waals surface area contributed by atoms with Gasteiger partial charge in [0.25, 0.3) is 5.91 Å². The summed E-state index contributed by atoms with van der Waals surface area (Å²) in [5.74, 6) is 0.774. The third-order valence-electron chi connectivity index (χ3n) is 3.37. The molecule has 3 rings (SSSR count). The molecule has 0 saturated carbocycles. The molecule has 0 fully saturated rings. The van der Waals surface area contributed by atoms with Crippen molar-refractivity contribution < 1.29 is 9.21 Å². The zero-order valence-electron chi connectivity index (χ0n) is 12.9. The smallest absolute Gasteiger partial charge is 0.271 e. The average molecular weight is 350 g/mol. The van der Waals surface area contributed by atoms with Crippen molar-refractivity contribution in [2.45, 2.75) is 0 Å². The number of halogens is 1. The van der Waals surface area contributed by atoms with E-state index < -0.39 is 0 Å². The summed E-state index contributed by atoms with van der Waals surface area (Å²) in [7, 11) is 0. The van der Waals surface area contributed by atoms with Gasteiger partial charge in [0, 0.05) is 16.1 Å². The summed E-state index contributed by atoms with van der Waals surface area (Å²) in [5.41, 5.74) is 4.27. The maximum absolute atomic E-state index is 11.9. The Morgan fingerprint density at radius 2 is 1.96 bits per heavy atom. The zero-order valence-corrected chi connectivity index (χ0v) is 13.7. The van der Waals surface area contributed by atoms with E-state index in [0.717, 1.165) is 5.56 Å². The first-order chi connectivity index (χ1) is 12.2. The Balaban J connectivity index is 1.65. The lowest BCUT2D eigenvalue weighted by molar-refractivity contribution is 0.0955. The van der Waals surface area contributed by atoms with Crippen molar-refractivity contribution in [3.63, 3.8) is 0 Å². The van der Waals surface area contributed by atoms with E-state index in [4.69, 9.17) is 21.3 Å². The number of furan rings is 1. The Morgan fingerprint density at radius 3 is 2.68 bits per heavy atom. The quantitative estimate of drug-likeness (QED) is 0.565. The zero-order chi connectivity index (χ0) is 17.6. The van der Waals surface area contributed by atoms with Crippen molar-refractivity contribution in [3.05, 3.63) is 82.6 Å². The third kappa shape index (κ3) is 4.14. The number of carbonyl (C=O) groups is 1. The van der Waals surface area contributed by atoms with Gasteiger partial charge in [0.1, 0.15) is 11.5 Å². The number of hydrazone groups is 1. The van der Waals surface area contributed by atoms with Gasteiger partial charge in [-0.1, -0.05) is 17.7 Å². The molecule has 1 aromatic heterocycles. The molecule has 0 radical (unpaired) electrons. The molecule has 0 aliphatic heterocycles. The van der Waals surface area contributed by atoms with E-state index in [9.17, 15) is 4.79 Å². The molecule has 5 nitrogen and oxygen atoms in total.